The van der Waals surface area contributed by atoms with E-state index in [0.29, 0.717) is 32.5 Å². The number of aryl methyl sites for hydroxylation is 1. The molecule has 0 unspecified atom stereocenters. The molecule has 2 rings (SSSR count). The fourth-order valence-corrected chi connectivity index (χ4v) is 3.12. The van der Waals surface area contributed by atoms with Gasteiger partial charge in [0.25, 0.3) is 0 Å². The number of likely N-dealkylation sites (tertiary alicyclic amines) is 1. The van der Waals surface area contributed by atoms with E-state index in [1.165, 1.54) is 5.56 Å². The highest BCUT2D eigenvalue weighted by molar-refractivity contribution is 7.10. The monoisotopic (exact) mass is 296 g/mol. The summed E-state index contributed by atoms with van der Waals surface area (Å²) in [7, 11) is 0. The molecule has 1 aliphatic rings. The molecule has 2 N–H and O–H groups in total. The van der Waals surface area contributed by atoms with Crippen LogP contribution in [0.15, 0.2) is 11.4 Å². The maximum Gasteiger partial charge on any atom is 0.317 e. The molecule has 0 aromatic carbocycles. The lowest BCUT2D eigenvalue weighted by Crippen LogP contribution is -2.48. The summed E-state index contributed by atoms with van der Waals surface area (Å²) >= 11 is 1.63. The summed E-state index contributed by atoms with van der Waals surface area (Å²) in [4.78, 5) is 26.1. The average Bonchev–Trinajstić information content (AvgIpc) is 2.82. The maximum atomic E-state index is 12.1. The number of aliphatic carboxylic acids is 1. The summed E-state index contributed by atoms with van der Waals surface area (Å²) in [5.74, 6) is -0.772. The van der Waals surface area contributed by atoms with Gasteiger partial charge in [0.2, 0.25) is 0 Å². The van der Waals surface area contributed by atoms with Crippen molar-refractivity contribution < 1.29 is 14.7 Å². The zero-order valence-electron chi connectivity index (χ0n) is 11.8. The second kappa shape index (κ2) is 5.83. The lowest BCUT2D eigenvalue weighted by Gasteiger charge is -2.36. The highest BCUT2D eigenvalue weighted by Gasteiger charge is 2.37. The van der Waals surface area contributed by atoms with Crippen molar-refractivity contribution in [2.24, 2.45) is 5.41 Å². The quantitative estimate of drug-likeness (QED) is 0.900. The van der Waals surface area contributed by atoms with E-state index in [1.807, 2.05) is 18.4 Å². The van der Waals surface area contributed by atoms with Gasteiger partial charge in [-0.2, -0.15) is 0 Å². The van der Waals surface area contributed by atoms with Gasteiger partial charge in [0, 0.05) is 18.0 Å². The number of urea groups is 1. The van der Waals surface area contributed by atoms with Gasteiger partial charge in [-0.15, -0.1) is 11.3 Å². The SMILES string of the molecule is Cc1ccsc1CNC(=O)N1CCC(C)(C(=O)O)CC1. The largest absolute Gasteiger partial charge is 0.481 e. The predicted octanol–water partition coefficient (Wildman–Crippen LogP) is 2.45. The molecule has 1 aromatic rings. The molecule has 0 aliphatic carbocycles. The van der Waals surface area contributed by atoms with Crippen molar-refractivity contribution in [3.8, 4) is 0 Å². The molecule has 0 spiro atoms. The Labute approximate surface area is 122 Å². The second-order valence-corrected chi connectivity index (χ2v) is 6.54. The van der Waals surface area contributed by atoms with E-state index < -0.39 is 11.4 Å². The number of hydrogen-bond donors (Lipinski definition) is 2. The Kier molecular flexibility index (Phi) is 4.32. The lowest BCUT2D eigenvalue weighted by atomic mass is 9.80. The number of rotatable bonds is 3. The molecular formula is C14H20N2O3S. The van der Waals surface area contributed by atoms with E-state index in [0.717, 1.165) is 4.88 Å². The van der Waals surface area contributed by atoms with Gasteiger partial charge in [-0.05, 0) is 43.7 Å². The third-order valence-corrected chi connectivity index (χ3v) is 5.06. The van der Waals surface area contributed by atoms with Gasteiger partial charge in [-0.1, -0.05) is 0 Å². The van der Waals surface area contributed by atoms with E-state index >= 15 is 0 Å². The first-order chi connectivity index (χ1) is 9.42. The van der Waals surface area contributed by atoms with E-state index in [9.17, 15) is 9.59 Å². The third-order valence-electron chi connectivity index (χ3n) is 4.04. The Balaban J connectivity index is 1.83. The van der Waals surface area contributed by atoms with Crippen molar-refractivity contribution in [3.05, 3.63) is 21.9 Å². The summed E-state index contributed by atoms with van der Waals surface area (Å²) in [6, 6.07) is 1.93. The number of carbonyl (C=O) groups is 2. The minimum atomic E-state index is -0.772. The number of amides is 2. The highest BCUT2D eigenvalue weighted by Crippen LogP contribution is 2.31. The fraction of sp³-hybridized carbons (Fsp3) is 0.571. The van der Waals surface area contributed by atoms with Crippen LogP contribution >= 0.6 is 11.3 Å². The summed E-state index contributed by atoms with van der Waals surface area (Å²) in [5.41, 5.74) is 0.494. The molecule has 2 amide bonds. The molecule has 1 saturated heterocycles. The van der Waals surface area contributed by atoms with Crippen LogP contribution in [0.25, 0.3) is 0 Å². The number of carbonyl (C=O) groups excluding carboxylic acids is 1. The topological polar surface area (TPSA) is 69.6 Å². The van der Waals surface area contributed by atoms with E-state index in [1.54, 1.807) is 23.2 Å². The normalized spacial score (nSPS) is 17.8. The first-order valence-electron chi connectivity index (χ1n) is 6.71. The Morgan fingerprint density at radius 3 is 2.60 bits per heavy atom. The highest BCUT2D eigenvalue weighted by atomic mass is 32.1. The first-order valence-corrected chi connectivity index (χ1v) is 7.59. The van der Waals surface area contributed by atoms with Crippen LogP contribution in [0.3, 0.4) is 0 Å². The van der Waals surface area contributed by atoms with Crippen molar-refractivity contribution in [1.29, 1.82) is 0 Å². The number of carboxylic acid groups (broad SMARTS) is 1. The number of thiophene rings is 1. The van der Waals surface area contributed by atoms with Gasteiger partial charge in [0.15, 0.2) is 0 Å². The minimum Gasteiger partial charge on any atom is -0.481 e. The van der Waals surface area contributed by atoms with Crippen LogP contribution in [0.5, 0.6) is 0 Å². The molecule has 20 heavy (non-hydrogen) atoms. The molecule has 1 fully saturated rings. The third kappa shape index (κ3) is 3.12. The standard InChI is InChI=1S/C14H20N2O3S/c1-10-3-8-20-11(10)9-15-13(19)16-6-4-14(2,5-7-16)12(17)18/h3,8H,4-7,9H2,1-2H3,(H,15,19)(H,17,18). The van der Waals surface area contributed by atoms with Crippen LogP contribution in [0, 0.1) is 12.3 Å². The first kappa shape index (κ1) is 14.8. The average molecular weight is 296 g/mol. The van der Waals surface area contributed by atoms with Crippen LogP contribution in [-0.4, -0.2) is 35.1 Å². The van der Waals surface area contributed by atoms with Gasteiger partial charge < -0.3 is 15.3 Å². The molecule has 110 valence electrons. The van der Waals surface area contributed by atoms with Gasteiger partial charge in [-0.3, -0.25) is 4.79 Å². The molecule has 1 aliphatic heterocycles. The summed E-state index contributed by atoms with van der Waals surface area (Å²) in [6.45, 7) is 5.31. The number of nitrogens with one attached hydrogen (secondary N) is 1. The fourth-order valence-electron chi connectivity index (χ4n) is 2.27. The number of nitrogens with zero attached hydrogens (tertiary/aromatic N) is 1. The summed E-state index contributed by atoms with van der Waals surface area (Å²) < 4.78 is 0. The Morgan fingerprint density at radius 1 is 1.45 bits per heavy atom. The van der Waals surface area contributed by atoms with Crippen LogP contribution in [0.2, 0.25) is 0 Å². The molecule has 0 bridgehead atoms. The summed E-state index contributed by atoms with van der Waals surface area (Å²) in [5, 5.41) is 14.1. The molecule has 0 saturated carbocycles. The molecule has 2 heterocycles. The van der Waals surface area contributed by atoms with E-state index in [2.05, 4.69) is 5.32 Å². The lowest BCUT2D eigenvalue weighted by molar-refractivity contribution is -0.150. The number of carboxylic acids is 1. The van der Waals surface area contributed by atoms with Crippen molar-refractivity contribution in [1.82, 2.24) is 10.2 Å². The molecule has 5 nitrogen and oxygen atoms in total. The molecule has 1 aromatic heterocycles. The van der Waals surface area contributed by atoms with Crippen LogP contribution in [0.4, 0.5) is 4.79 Å². The van der Waals surface area contributed by atoms with Crippen LogP contribution in [0.1, 0.15) is 30.2 Å². The Morgan fingerprint density at radius 2 is 2.10 bits per heavy atom. The van der Waals surface area contributed by atoms with Crippen LogP contribution in [-0.2, 0) is 11.3 Å². The van der Waals surface area contributed by atoms with Crippen molar-refractivity contribution in [3.63, 3.8) is 0 Å². The Bertz CT molecular complexity index is 504. The number of hydrogen-bond acceptors (Lipinski definition) is 3. The smallest absolute Gasteiger partial charge is 0.317 e. The zero-order valence-corrected chi connectivity index (χ0v) is 12.6. The second-order valence-electron chi connectivity index (χ2n) is 5.54. The van der Waals surface area contributed by atoms with E-state index in [4.69, 9.17) is 5.11 Å². The van der Waals surface area contributed by atoms with Crippen molar-refractivity contribution in [2.45, 2.75) is 33.2 Å². The zero-order chi connectivity index (χ0) is 14.8. The summed E-state index contributed by atoms with van der Waals surface area (Å²) in [6.07, 6.45) is 1.02. The van der Waals surface area contributed by atoms with E-state index in [-0.39, 0.29) is 6.03 Å². The predicted molar refractivity (Wildman–Crippen MR) is 77.8 cm³/mol. The van der Waals surface area contributed by atoms with Gasteiger partial charge >= 0.3 is 12.0 Å². The Hall–Kier alpha value is -1.56. The van der Waals surface area contributed by atoms with Gasteiger partial charge in [0.05, 0.1) is 12.0 Å². The maximum absolute atomic E-state index is 12.1. The van der Waals surface area contributed by atoms with Gasteiger partial charge in [0.1, 0.15) is 0 Å². The van der Waals surface area contributed by atoms with Gasteiger partial charge in [-0.25, -0.2) is 4.79 Å². The molecule has 6 heteroatoms. The molecular weight excluding hydrogens is 276 g/mol. The van der Waals surface area contributed by atoms with Crippen LogP contribution < -0.4 is 5.32 Å². The molecule has 0 radical (unpaired) electrons. The van der Waals surface area contributed by atoms with Crippen molar-refractivity contribution >= 4 is 23.3 Å². The van der Waals surface area contributed by atoms with Crippen molar-refractivity contribution in [2.75, 3.05) is 13.1 Å². The number of piperidine rings is 1. The molecule has 0 atom stereocenters. The minimum absolute atomic E-state index is 0.106.